The summed E-state index contributed by atoms with van der Waals surface area (Å²) in [5, 5.41) is 11.5. The van der Waals surface area contributed by atoms with Crippen molar-refractivity contribution in [1.82, 2.24) is 0 Å². The minimum absolute atomic E-state index is 0.166. The summed E-state index contributed by atoms with van der Waals surface area (Å²) in [6.45, 7) is 6.54. The molecule has 2 aromatic rings. The van der Waals surface area contributed by atoms with E-state index in [1.165, 1.54) is 6.07 Å². The summed E-state index contributed by atoms with van der Waals surface area (Å²) in [5.74, 6) is 0.547. The first kappa shape index (κ1) is 19.8. The van der Waals surface area contributed by atoms with Crippen molar-refractivity contribution in [2.24, 2.45) is 0 Å². The number of aryl methyl sites for hydroxylation is 1. The van der Waals surface area contributed by atoms with Gasteiger partial charge in [0.25, 0.3) is 0 Å². The van der Waals surface area contributed by atoms with Crippen LogP contribution in [0.5, 0.6) is 11.5 Å². The van der Waals surface area contributed by atoms with Crippen LogP contribution in [0.3, 0.4) is 0 Å². The van der Waals surface area contributed by atoms with E-state index in [4.69, 9.17) is 13.6 Å². The van der Waals surface area contributed by atoms with Gasteiger partial charge in [-0.15, -0.1) is 0 Å². The van der Waals surface area contributed by atoms with Crippen LogP contribution in [0.4, 0.5) is 0 Å². The van der Waals surface area contributed by atoms with Crippen LogP contribution in [-0.2, 0) is 20.0 Å². The smallest absolute Gasteiger partial charge is 0.507 e. The summed E-state index contributed by atoms with van der Waals surface area (Å²) in [5.41, 5.74) is 1.13. The highest BCUT2D eigenvalue weighted by Gasteiger charge is 2.29. The molecule has 0 spiro atoms. The van der Waals surface area contributed by atoms with E-state index in [0.717, 1.165) is 18.4 Å². The number of phosphoric ester groups is 1. The fraction of sp³-hybridized carbons (Fsp3) is 0.474. The van der Waals surface area contributed by atoms with Crippen molar-refractivity contribution in [1.29, 1.82) is 0 Å². The Hall–Kier alpha value is -1.55. The summed E-state index contributed by atoms with van der Waals surface area (Å²) in [7, 11) is -3.70. The van der Waals surface area contributed by atoms with Gasteiger partial charge in [0.05, 0.1) is 13.2 Å². The quantitative estimate of drug-likeness (QED) is 0.535. The number of phosphoric acid groups is 1. The molecular weight excluding hydrogens is 339 g/mol. The molecule has 0 heterocycles. The van der Waals surface area contributed by atoms with Crippen molar-refractivity contribution >= 4 is 18.6 Å². The van der Waals surface area contributed by atoms with Crippen LogP contribution in [0.1, 0.15) is 45.6 Å². The van der Waals surface area contributed by atoms with Gasteiger partial charge in [-0.25, -0.2) is 4.57 Å². The number of hydrogen-bond donors (Lipinski definition) is 1. The van der Waals surface area contributed by atoms with Crippen molar-refractivity contribution in [3.8, 4) is 11.5 Å². The van der Waals surface area contributed by atoms with Gasteiger partial charge in [-0.3, -0.25) is 9.05 Å². The van der Waals surface area contributed by atoms with Gasteiger partial charge < -0.3 is 9.63 Å². The molecule has 0 amide bonds. The number of hydrogen-bond acceptors (Lipinski definition) is 5. The Morgan fingerprint density at radius 3 is 2.20 bits per heavy atom. The summed E-state index contributed by atoms with van der Waals surface area (Å²) < 4.78 is 29.3. The van der Waals surface area contributed by atoms with Crippen molar-refractivity contribution in [2.75, 3.05) is 13.2 Å². The molecule has 0 aliphatic carbocycles. The lowest BCUT2D eigenvalue weighted by atomic mass is 10.0. The largest absolute Gasteiger partial charge is 0.530 e. The van der Waals surface area contributed by atoms with Crippen molar-refractivity contribution < 1.29 is 23.2 Å². The van der Waals surface area contributed by atoms with E-state index in [1.807, 2.05) is 32.0 Å². The van der Waals surface area contributed by atoms with Crippen molar-refractivity contribution in [2.45, 2.75) is 46.5 Å². The molecule has 138 valence electrons. The Kier molecular flexibility index (Phi) is 7.30. The highest BCUT2D eigenvalue weighted by molar-refractivity contribution is 7.48. The zero-order chi connectivity index (χ0) is 18.3. The Labute approximate surface area is 149 Å². The monoisotopic (exact) mass is 366 g/mol. The molecule has 25 heavy (non-hydrogen) atoms. The van der Waals surface area contributed by atoms with Gasteiger partial charge in [0.1, 0.15) is 11.5 Å². The minimum Gasteiger partial charge on any atom is -0.507 e. The highest BCUT2D eigenvalue weighted by Crippen LogP contribution is 2.51. The van der Waals surface area contributed by atoms with Crippen molar-refractivity contribution in [3.63, 3.8) is 0 Å². The molecule has 2 aromatic carbocycles. The number of phenols is 1. The van der Waals surface area contributed by atoms with E-state index in [0.29, 0.717) is 29.4 Å². The Morgan fingerprint density at radius 2 is 1.60 bits per heavy atom. The van der Waals surface area contributed by atoms with Gasteiger partial charge in [0.15, 0.2) is 0 Å². The second-order valence-corrected chi connectivity index (χ2v) is 7.51. The van der Waals surface area contributed by atoms with Gasteiger partial charge in [-0.1, -0.05) is 39.3 Å². The molecule has 0 unspecified atom stereocenters. The normalized spacial score (nSPS) is 11.8. The Balaban J connectivity index is 2.38. The lowest BCUT2D eigenvalue weighted by Crippen LogP contribution is -2.04. The van der Waals surface area contributed by atoms with Gasteiger partial charge in [0, 0.05) is 10.8 Å². The zero-order valence-corrected chi connectivity index (χ0v) is 16.1. The average Bonchev–Trinajstić information content (AvgIpc) is 2.61. The molecule has 0 atom stereocenters. The Bertz CT molecular complexity index is 732. The van der Waals surface area contributed by atoms with Gasteiger partial charge in [0.2, 0.25) is 0 Å². The fourth-order valence-corrected chi connectivity index (χ4v) is 3.89. The van der Waals surface area contributed by atoms with E-state index in [1.54, 1.807) is 6.07 Å². The van der Waals surface area contributed by atoms with Crippen LogP contribution in [0.25, 0.3) is 10.8 Å². The number of aromatic hydroxyl groups is 1. The predicted molar refractivity (Wildman–Crippen MR) is 100 cm³/mol. The predicted octanol–water partition coefficient (Wildman–Crippen LogP) is 5.84. The number of rotatable bonds is 10. The van der Waals surface area contributed by atoms with Gasteiger partial charge in [-0.2, -0.15) is 0 Å². The zero-order valence-electron chi connectivity index (χ0n) is 15.2. The number of phenolic OH excluding ortho intramolecular Hbond substituents is 1. The molecule has 0 aromatic heterocycles. The third-order valence-electron chi connectivity index (χ3n) is 3.67. The molecular formula is C19H27O5P. The second-order valence-electron chi connectivity index (χ2n) is 5.92. The lowest BCUT2D eigenvalue weighted by Gasteiger charge is -2.19. The van der Waals surface area contributed by atoms with Crippen LogP contribution in [0.15, 0.2) is 30.3 Å². The minimum atomic E-state index is -3.70. The molecule has 1 N–H and O–H groups in total. The molecule has 0 radical (unpaired) electrons. The SMILES string of the molecule is CCCOP(=O)(OCCC)Oc1ccc(O)c2cc(CCC)ccc12. The van der Waals surface area contributed by atoms with Gasteiger partial charge in [-0.05, 0) is 43.0 Å². The average molecular weight is 366 g/mol. The van der Waals surface area contributed by atoms with Crippen LogP contribution in [-0.4, -0.2) is 18.3 Å². The lowest BCUT2D eigenvalue weighted by molar-refractivity contribution is 0.156. The first-order valence-electron chi connectivity index (χ1n) is 8.86. The number of fused-ring (bicyclic) bond motifs is 1. The van der Waals surface area contributed by atoms with Crippen LogP contribution in [0, 0.1) is 0 Å². The summed E-state index contributed by atoms with van der Waals surface area (Å²) in [6, 6.07) is 8.93. The molecule has 5 nitrogen and oxygen atoms in total. The third-order valence-corrected chi connectivity index (χ3v) is 5.09. The molecule has 2 rings (SSSR count). The first-order chi connectivity index (χ1) is 12.0. The highest BCUT2D eigenvalue weighted by atomic mass is 31.2. The standard InChI is InChI=1S/C19H27O5P/c1-4-7-15-8-9-16-17(14-15)18(20)10-11-19(16)24-25(21,22-12-5-2)23-13-6-3/h8-11,14,20H,4-7,12-13H2,1-3H3. The van der Waals surface area contributed by atoms with Crippen molar-refractivity contribution in [3.05, 3.63) is 35.9 Å². The van der Waals surface area contributed by atoms with Crippen LogP contribution < -0.4 is 4.52 Å². The van der Waals surface area contributed by atoms with Crippen LogP contribution >= 0.6 is 7.82 Å². The molecule has 0 bridgehead atoms. The Morgan fingerprint density at radius 1 is 0.920 bits per heavy atom. The third kappa shape index (κ3) is 5.21. The summed E-state index contributed by atoms with van der Waals surface area (Å²) >= 11 is 0. The van der Waals surface area contributed by atoms with E-state index in [9.17, 15) is 9.67 Å². The maximum absolute atomic E-state index is 12.9. The summed E-state index contributed by atoms with van der Waals surface area (Å²) in [4.78, 5) is 0. The van der Waals surface area contributed by atoms with E-state index in [2.05, 4.69) is 6.92 Å². The van der Waals surface area contributed by atoms with E-state index < -0.39 is 7.82 Å². The second kappa shape index (κ2) is 9.23. The maximum Gasteiger partial charge on any atom is 0.530 e. The van der Waals surface area contributed by atoms with Gasteiger partial charge >= 0.3 is 7.82 Å². The maximum atomic E-state index is 12.9. The van der Waals surface area contributed by atoms with E-state index in [-0.39, 0.29) is 19.0 Å². The molecule has 6 heteroatoms. The molecule has 0 fully saturated rings. The molecule has 0 saturated carbocycles. The fourth-order valence-electron chi connectivity index (χ4n) is 2.49. The molecule has 0 saturated heterocycles. The topological polar surface area (TPSA) is 65.0 Å². The number of benzene rings is 2. The summed E-state index contributed by atoms with van der Waals surface area (Å²) in [6.07, 6.45) is 3.37. The first-order valence-corrected chi connectivity index (χ1v) is 10.3. The molecule has 0 aliphatic rings. The molecule has 0 aliphatic heterocycles. The van der Waals surface area contributed by atoms with E-state index >= 15 is 0 Å². The van der Waals surface area contributed by atoms with Crippen LogP contribution in [0.2, 0.25) is 0 Å².